The predicted molar refractivity (Wildman–Crippen MR) is 227 cm³/mol. The monoisotopic (exact) mass is 674 g/mol. The SMILES string of the molecule is CCn1c(-c2ccc(-c3ccc(-c4ccc5c(c4)c4ccccc4c4cccc6ccc7cccc5c7c64)cc3)c3ccccc23)nc2ccccc21. The van der Waals surface area contributed by atoms with E-state index in [9.17, 15) is 0 Å². The molecular weight excluding hydrogens is 641 g/mol. The Labute approximate surface area is 307 Å². The van der Waals surface area contributed by atoms with Gasteiger partial charge in [0.05, 0.1) is 11.0 Å². The van der Waals surface area contributed by atoms with Gasteiger partial charge in [-0.3, -0.25) is 0 Å². The highest BCUT2D eigenvalue weighted by Crippen LogP contribution is 2.42. The standard InChI is InChI=1S/C51H34N2/c1-2-53-48-20-8-7-19-47(48)52-51(53)45-30-29-37(38-13-3-5-15-40(38)45)33-23-21-32(22-24-33)36-27-28-42-44-18-10-12-35-26-25-34-11-9-17-43(49(34)50(35)44)39-14-4-6-16-41(39)46(42)31-36/h3-31H,2H2,1H3. The van der Waals surface area contributed by atoms with E-state index in [2.05, 4.69) is 187 Å². The van der Waals surface area contributed by atoms with Crippen LogP contribution in [0.4, 0.5) is 0 Å². The van der Waals surface area contributed by atoms with Crippen molar-refractivity contribution < 1.29 is 0 Å². The zero-order valence-electron chi connectivity index (χ0n) is 29.3. The third kappa shape index (κ3) is 4.49. The normalized spacial score (nSPS) is 11.9. The minimum absolute atomic E-state index is 0.862. The van der Waals surface area contributed by atoms with Crippen LogP contribution < -0.4 is 0 Å². The second-order valence-electron chi connectivity index (χ2n) is 14.1. The summed E-state index contributed by atoms with van der Waals surface area (Å²) in [6.07, 6.45) is 0. The number of hydrogen-bond donors (Lipinski definition) is 0. The van der Waals surface area contributed by atoms with Gasteiger partial charge in [0.15, 0.2) is 0 Å². The molecule has 0 fully saturated rings. The lowest BCUT2D eigenvalue weighted by atomic mass is 9.89. The Bertz CT molecular complexity index is 3260. The molecule has 0 saturated heterocycles. The molecule has 0 unspecified atom stereocenters. The van der Waals surface area contributed by atoms with Crippen molar-refractivity contribution in [2.45, 2.75) is 13.5 Å². The van der Waals surface area contributed by atoms with Gasteiger partial charge in [-0.05, 0) is 118 Å². The van der Waals surface area contributed by atoms with E-state index < -0.39 is 0 Å². The van der Waals surface area contributed by atoms with Crippen LogP contribution >= 0.6 is 0 Å². The highest BCUT2D eigenvalue weighted by molar-refractivity contribution is 6.32. The van der Waals surface area contributed by atoms with Crippen LogP contribution in [0.1, 0.15) is 6.92 Å². The number of imidazole rings is 1. The van der Waals surface area contributed by atoms with Gasteiger partial charge in [0.2, 0.25) is 0 Å². The zero-order chi connectivity index (χ0) is 35.0. The Balaban J connectivity index is 1.07. The third-order valence-corrected chi connectivity index (χ3v) is 11.4. The smallest absolute Gasteiger partial charge is 0.141 e. The van der Waals surface area contributed by atoms with E-state index in [0.717, 1.165) is 23.4 Å². The molecule has 0 bridgehead atoms. The molecule has 0 N–H and O–H groups in total. The highest BCUT2D eigenvalue weighted by atomic mass is 15.1. The molecule has 248 valence electrons. The lowest BCUT2D eigenvalue weighted by Gasteiger charge is -2.15. The molecule has 1 heterocycles. The number of hydrogen-bond acceptors (Lipinski definition) is 1. The number of nitrogens with zero attached hydrogens (tertiary/aromatic N) is 2. The Kier molecular flexibility index (Phi) is 6.56. The van der Waals surface area contributed by atoms with Gasteiger partial charge in [0, 0.05) is 12.1 Å². The Morgan fingerprint density at radius 1 is 0.396 bits per heavy atom. The van der Waals surface area contributed by atoms with E-state index >= 15 is 0 Å². The predicted octanol–water partition coefficient (Wildman–Crippen LogP) is 14.0. The van der Waals surface area contributed by atoms with Crippen LogP contribution in [-0.4, -0.2) is 9.55 Å². The summed E-state index contributed by atoms with van der Waals surface area (Å²) in [5.74, 6) is 1.02. The largest absolute Gasteiger partial charge is 0.324 e. The minimum atomic E-state index is 0.862. The molecule has 1 aromatic heterocycles. The van der Waals surface area contributed by atoms with Crippen molar-refractivity contribution >= 4 is 75.7 Å². The van der Waals surface area contributed by atoms with E-state index in [1.165, 1.54) is 92.4 Å². The van der Waals surface area contributed by atoms with Crippen molar-refractivity contribution in [1.82, 2.24) is 9.55 Å². The number of fused-ring (bicyclic) bond motifs is 7. The van der Waals surface area contributed by atoms with Gasteiger partial charge in [-0.1, -0.05) is 152 Å². The second-order valence-corrected chi connectivity index (χ2v) is 14.1. The third-order valence-electron chi connectivity index (χ3n) is 11.4. The summed E-state index contributed by atoms with van der Waals surface area (Å²) in [7, 11) is 0. The van der Waals surface area contributed by atoms with E-state index in [1.54, 1.807) is 0 Å². The first-order chi connectivity index (χ1) is 26.2. The van der Waals surface area contributed by atoms with Gasteiger partial charge < -0.3 is 4.57 Å². The molecule has 0 spiro atoms. The van der Waals surface area contributed by atoms with Crippen LogP contribution in [0.2, 0.25) is 0 Å². The van der Waals surface area contributed by atoms with E-state index in [0.29, 0.717) is 0 Å². The van der Waals surface area contributed by atoms with Crippen molar-refractivity contribution in [3.8, 4) is 33.6 Å². The molecule has 2 nitrogen and oxygen atoms in total. The van der Waals surface area contributed by atoms with Crippen molar-refractivity contribution in [3.63, 3.8) is 0 Å². The Morgan fingerprint density at radius 2 is 0.925 bits per heavy atom. The quantitative estimate of drug-likeness (QED) is 0.170. The summed E-state index contributed by atoms with van der Waals surface area (Å²) in [6, 6.07) is 64.8. The lowest BCUT2D eigenvalue weighted by molar-refractivity contribution is 0.797. The molecule has 0 saturated carbocycles. The maximum absolute atomic E-state index is 5.10. The van der Waals surface area contributed by atoms with Gasteiger partial charge >= 0.3 is 0 Å². The summed E-state index contributed by atoms with van der Waals surface area (Å²) in [6.45, 7) is 3.06. The molecule has 53 heavy (non-hydrogen) atoms. The maximum atomic E-state index is 5.10. The number of rotatable bonds is 4. The van der Waals surface area contributed by atoms with E-state index in [-0.39, 0.29) is 0 Å². The van der Waals surface area contributed by atoms with Crippen molar-refractivity contribution in [2.24, 2.45) is 0 Å². The van der Waals surface area contributed by atoms with Gasteiger partial charge in [-0.25, -0.2) is 4.98 Å². The topological polar surface area (TPSA) is 17.8 Å². The van der Waals surface area contributed by atoms with Crippen molar-refractivity contribution in [3.05, 3.63) is 176 Å². The van der Waals surface area contributed by atoms with Crippen LogP contribution in [0, 0.1) is 0 Å². The van der Waals surface area contributed by atoms with Crippen molar-refractivity contribution in [1.29, 1.82) is 0 Å². The molecule has 10 aromatic carbocycles. The Hall–Kier alpha value is -6.77. The Morgan fingerprint density at radius 3 is 1.62 bits per heavy atom. The van der Waals surface area contributed by atoms with Gasteiger partial charge in [-0.15, -0.1) is 0 Å². The summed E-state index contributed by atoms with van der Waals surface area (Å²) < 4.78 is 2.33. The molecular formula is C51H34N2. The zero-order valence-corrected chi connectivity index (χ0v) is 29.3. The number of benzene rings is 9. The van der Waals surface area contributed by atoms with E-state index in [1.807, 2.05) is 0 Å². The molecule has 0 amide bonds. The maximum Gasteiger partial charge on any atom is 0.141 e. The average molecular weight is 675 g/mol. The van der Waals surface area contributed by atoms with Crippen LogP contribution in [0.5, 0.6) is 0 Å². The second kappa shape index (κ2) is 11.6. The van der Waals surface area contributed by atoms with Crippen LogP contribution in [-0.2, 0) is 6.54 Å². The fourth-order valence-corrected chi connectivity index (χ4v) is 8.93. The summed E-state index contributed by atoms with van der Waals surface area (Å²) in [4.78, 5) is 5.10. The molecule has 0 aliphatic rings. The first-order valence-corrected chi connectivity index (χ1v) is 18.5. The number of aryl methyl sites for hydroxylation is 1. The minimum Gasteiger partial charge on any atom is -0.324 e. The molecule has 0 aliphatic heterocycles. The van der Waals surface area contributed by atoms with Crippen molar-refractivity contribution in [2.75, 3.05) is 0 Å². The molecule has 0 atom stereocenters. The molecule has 11 rings (SSSR count). The van der Waals surface area contributed by atoms with Crippen LogP contribution in [0.15, 0.2) is 176 Å². The summed E-state index contributed by atoms with van der Waals surface area (Å²) in [5.41, 5.74) is 8.21. The molecule has 0 radical (unpaired) electrons. The first kappa shape index (κ1) is 29.9. The van der Waals surface area contributed by atoms with Gasteiger partial charge in [-0.2, -0.15) is 0 Å². The lowest BCUT2D eigenvalue weighted by Crippen LogP contribution is -1.98. The van der Waals surface area contributed by atoms with Crippen LogP contribution in [0.25, 0.3) is 109 Å². The summed E-state index contributed by atoms with van der Waals surface area (Å²) in [5, 5.41) is 15.3. The molecule has 11 aromatic rings. The first-order valence-electron chi connectivity index (χ1n) is 18.5. The fraction of sp³-hybridized carbons (Fsp3) is 0.0392. The van der Waals surface area contributed by atoms with Gasteiger partial charge in [0.1, 0.15) is 5.82 Å². The number of para-hydroxylation sites is 2. The van der Waals surface area contributed by atoms with E-state index in [4.69, 9.17) is 4.98 Å². The molecule has 0 aliphatic carbocycles. The average Bonchev–Trinajstić information content (AvgIpc) is 3.60. The molecule has 2 heteroatoms. The van der Waals surface area contributed by atoms with Crippen LogP contribution in [0.3, 0.4) is 0 Å². The fourth-order valence-electron chi connectivity index (χ4n) is 8.93. The van der Waals surface area contributed by atoms with Gasteiger partial charge in [0.25, 0.3) is 0 Å². The highest BCUT2D eigenvalue weighted by Gasteiger charge is 2.17. The number of aromatic nitrogens is 2. The summed E-state index contributed by atoms with van der Waals surface area (Å²) >= 11 is 0.